The highest BCUT2D eigenvalue weighted by atomic mass is 15.3. The number of hydrogen-bond acceptors (Lipinski definition) is 0. The molecule has 3 nitrogen and oxygen atoms in total. The van der Waals surface area contributed by atoms with Crippen LogP contribution < -0.4 is 9.80 Å². The second kappa shape index (κ2) is 5.71. The van der Waals surface area contributed by atoms with Gasteiger partial charge in [0.15, 0.2) is 0 Å². The number of quaternary nitrogens is 2. The van der Waals surface area contributed by atoms with Gasteiger partial charge in [0.1, 0.15) is 12.1 Å². The van der Waals surface area contributed by atoms with Gasteiger partial charge in [-0.25, -0.2) is 0 Å². The fraction of sp³-hybridized carbons (Fsp3) is 0.565. The number of nitrogens with one attached hydrogen (secondary N) is 3. The molecule has 3 heteroatoms. The Balaban J connectivity index is 1.47. The predicted octanol–water partition coefficient (Wildman–Crippen LogP) is 1.29. The Kier molecular flexibility index (Phi) is 3.40. The monoisotopic (exact) mass is 349 g/mol. The van der Waals surface area contributed by atoms with Crippen molar-refractivity contribution in [2.75, 3.05) is 19.6 Å². The van der Waals surface area contributed by atoms with Gasteiger partial charge < -0.3 is 14.8 Å². The first-order chi connectivity index (χ1) is 12.9. The maximum Gasteiger partial charge on any atom is 0.137 e. The van der Waals surface area contributed by atoms with E-state index in [1.54, 1.807) is 11.3 Å². The summed E-state index contributed by atoms with van der Waals surface area (Å²) in [5, 5.41) is 1.48. The normalized spacial score (nSPS) is 40.7. The second-order valence-corrected chi connectivity index (χ2v) is 9.20. The third kappa shape index (κ3) is 1.96. The molecule has 26 heavy (non-hydrogen) atoms. The number of fused-ring (bicyclic) bond motifs is 4. The lowest BCUT2D eigenvalue weighted by Crippen LogP contribution is -3.27. The van der Waals surface area contributed by atoms with E-state index in [1.807, 2.05) is 9.80 Å². The third-order valence-electron chi connectivity index (χ3n) is 8.29. The Morgan fingerprint density at radius 2 is 2.04 bits per heavy atom. The lowest BCUT2D eigenvalue weighted by Gasteiger charge is -2.59. The molecule has 7 rings (SSSR count). The summed E-state index contributed by atoms with van der Waals surface area (Å²) in [4.78, 5) is 7.67. The lowest BCUT2D eigenvalue weighted by molar-refractivity contribution is -1.01. The summed E-state index contributed by atoms with van der Waals surface area (Å²) in [5.41, 5.74) is 4.60. The smallest absolute Gasteiger partial charge is 0.137 e. The van der Waals surface area contributed by atoms with Crippen molar-refractivity contribution >= 4 is 10.9 Å². The molecule has 3 saturated heterocycles. The van der Waals surface area contributed by atoms with Gasteiger partial charge in [-0.15, -0.1) is 0 Å². The van der Waals surface area contributed by atoms with E-state index in [-0.39, 0.29) is 0 Å². The van der Waals surface area contributed by atoms with Crippen LogP contribution in [0.1, 0.15) is 43.0 Å². The van der Waals surface area contributed by atoms with Crippen LogP contribution in [0.25, 0.3) is 10.9 Å². The van der Waals surface area contributed by atoms with Gasteiger partial charge in [-0.05, 0) is 37.0 Å². The van der Waals surface area contributed by atoms with Gasteiger partial charge >= 0.3 is 0 Å². The molecule has 1 aromatic carbocycles. The maximum absolute atomic E-state index is 4.07. The maximum atomic E-state index is 4.07. The van der Waals surface area contributed by atoms with Gasteiger partial charge in [0, 0.05) is 23.7 Å². The molecule has 0 radical (unpaired) electrons. The Morgan fingerprint density at radius 1 is 1.12 bits per heavy atom. The zero-order valence-corrected chi connectivity index (χ0v) is 15.6. The minimum atomic E-state index is 0.712. The highest BCUT2D eigenvalue weighted by Gasteiger charge is 2.62. The number of H-pyrrole nitrogens is 1. The molecule has 2 bridgehead atoms. The van der Waals surface area contributed by atoms with Crippen molar-refractivity contribution in [1.29, 1.82) is 0 Å². The van der Waals surface area contributed by atoms with Crippen molar-refractivity contribution in [1.82, 2.24) is 4.98 Å². The Hall–Kier alpha value is -1.58. The largest absolute Gasteiger partial charge is 0.353 e. The average molecular weight is 350 g/mol. The number of aromatic amines is 1. The first-order valence-corrected chi connectivity index (χ1v) is 10.8. The van der Waals surface area contributed by atoms with E-state index in [4.69, 9.17) is 0 Å². The quantitative estimate of drug-likeness (QED) is 0.681. The third-order valence-corrected chi connectivity index (χ3v) is 8.29. The predicted molar refractivity (Wildman–Crippen MR) is 104 cm³/mol. The molecular weight excluding hydrogens is 318 g/mol. The van der Waals surface area contributed by atoms with Gasteiger partial charge in [0.05, 0.1) is 43.2 Å². The summed E-state index contributed by atoms with van der Waals surface area (Å²) in [6, 6.07) is 11.5. The summed E-state index contributed by atoms with van der Waals surface area (Å²) >= 11 is 0. The number of hydrogen-bond donors (Lipinski definition) is 3. The molecule has 1 aromatic heterocycles. The lowest BCUT2D eigenvalue weighted by atomic mass is 9.60. The van der Waals surface area contributed by atoms with Gasteiger partial charge in [0.25, 0.3) is 0 Å². The van der Waals surface area contributed by atoms with Crippen molar-refractivity contribution in [3.05, 3.63) is 48.2 Å². The average Bonchev–Trinajstić information content (AvgIpc) is 3.08. The fourth-order valence-electron chi connectivity index (χ4n) is 7.58. The number of rotatable bonds is 2. The molecule has 4 fully saturated rings. The summed E-state index contributed by atoms with van der Waals surface area (Å²) in [7, 11) is 0. The van der Waals surface area contributed by atoms with E-state index in [9.17, 15) is 0 Å². The standard InChI is InChI=1S/C23H29N3/c1-2-12-25-13-5-7-17-20-10-9-18(22(17)25)23-21-16(11-14-26(20)23)15-6-3-4-8-19(15)24-21/h2-4,6,8,17-18,20,22-24H,1,5,7,9-14H2/p+2/t17-,18+,20-,22-,23+/m0/s1. The van der Waals surface area contributed by atoms with Crippen LogP contribution in [0.15, 0.2) is 36.9 Å². The van der Waals surface area contributed by atoms with E-state index < -0.39 is 0 Å². The van der Waals surface area contributed by atoms with Crippen molar-refractivity contribution in [2.45, 2.75) is 50.2 Å². The molecule has 1 aliphatic carbocycles. The molecule has 4 aliphatic heterocycles. The second-order valence-electron chi connectivity index (χ2n) is 9.20. The first-order valence-electron chi connectivity index (χ1n) is 10.8. The van der Waals surface area contributed by atoms with Crippen molar-refractivity contribution in [3.8, 4) is 0 Å². The molecule has 5 heterocycles. The summed E-state index contributed by atoms with van der Waals surface area (Å²) < 4.78 is 0. The van der Waals surface area contributed by atoms with E-state index in [2.05, 4.69) is 41.9 Å². The Labute approximate surface area is 156 Å². The van der Waals surface area contributed by atoms with Gasteiger partial charge in [-0.3, -0.25) is 0 Å². The zero-order chi connectivity index (χ0) is 17.3. The van der Waals surface area contributed by atoms with Crippen LogP contribution in [-0.2, 0) is 6.42 Å². The fourth-order valence-corrected chi connectivity index (χ4v) is 7.58. The number of aromatic nitrogens is 1. The Morgan fingerprint density at radius 3 is 2.96 bits per heavy atom. The van der Waals surface area contributed by atoms with Crippen molar-refractivity contribution in [2.24, 2.45) is 11.8 Å². The highest BCUT2D eigenvalue weighted by Crippen LogP contribution is 2.45. The van der Waals surface area contributed by atoms with Crippen LogP contribution in [0.2, 0.25) is 0 Å². The van der Waals surface area contributed by atoms with Gasteiger partial charge in [-0.2, -0.15) is 0 Å². The molecule has 7 atom stereocenters. The molecule has 0 amide bonds. The van der Waals surface area contributed by atoms with Crippen LogP contribution in [0.5, 0.6) is 0 Å². The van der Waals surface area contributed by atoms with Crippen molar-refractivity contribution < 1.29 is 9.80 Å². The van der Waals surface area contributed by atoms with E-state index in [0.717, 1.165) is 30.5 Å². The molecule has 2 unspecified atom stereocenters. The molecule has 5 aliphatic rings. The molecular formula is C23H31N3+2. The molecule has 3 N–H and O–H groups in total. The van der Waals surface area contributed by atoms with Crippen LogP contribution in [0.4, 0.5) is 0 Å². The number of para-hydroxylation sites is 1. The van der Waals surface area contributed by atoms with Crippen LogP contribution in [-0.4, -0.2) is 36.7 Å². The first kappa shape index (κ1) is 15.5. The molecule has 0 spiro atoms. The molecule has 2 aromatic rings. The summed E-state index contributed by atoms with van der Waals surface area (Å²) in [6.07, 6.45) is 9.23. The van der Waals surface area contributed by atoms with E-state index in [1.165, 1.54) is 56.1 Å². The topological polar surface area (TPSA) is 24.7 Å². The van der Waals surface area contributed by atoms with Crippen molar-refractivity contribution in [3.63, 3.8) is 0 Å². The summed E-state index contributed by atoms with van der Waals surface area (Å²) in [5.74, 6) is 1.80. The number of benzene rings is 1. The molecule has 1 saturated carbocycles. The Bertz CT molecular complexity index is 852. The van der Waals surface area contributed by atoms with E-state index >= 15 is 0 Å². The zero-order valence-electron chi connectivity index (χ0n) is 15.6. The number of piperidine rings is 3. The highest BCUT2D eigenvalue weighted by molar-refractivity contribution is 5.85. The molecule has 136 valence electrons. The van der Waals surface area contributed by atoms with Gasteiger partial charge in [-0.1, -0.05) is 24.8 Å². The summed E-state index contributed by atoms with van der Waals surface area (Å²) in [6.45, 7) is 7.93. The number of likely N-dealkylation sites (tertiary alicyclic amines) is 1. The minimum Gasteiger partial charge on any atom is -0.353 e. The van der Waals surface area contributed by atoms with Gasteiger partial charge in [0.2, 0.25) is 0 Å². The SMILES string of the molecule is C=CC[NH+]1CCC[C@@H]2[C@H]1[C@H]1CC[C@@H]2[NH+]2CCc3c([nH]c4ccccc34)[C@@H]12. The van der Waals surface area contributed by atoms with Crippen LogP contribution >= 0.6 is 0 Å². The van der Waals surface area contributed by atoms with Crippen LogP contribution in [0.3, 0.4) is 0 Å². The minimum absolute atomic E-state index is 0.712. The van der Waals surface area contributed by atoms with Crippen LogP contribution in [0, 0.1) is 11.8 Å². The van der Waals surface area contributed by atoms with E-state index in [0.29, 0.717) is 6.04 Å².